The van der Waals surface area contributed by atoms with E-state index in [1.54, 1.807) is 0 Å². The molecule has 0 bridgehead atoms. The zero-order valence-electron chi connectivity index (χ0n) is 6.34. The number of hydrogen-bond donors (Lipinski definition) is 2. The van der Waals surface area contributed by atoms with E-state index < -0.39 is 0 Å². The summed E-state index contributed by atoms with van der Waals surface area (Å²) in [6, 6.07) is 0.0740. The molecule has 0 aromatic heterocycles. The van der Waals surface area contributed by atoms with Crippen LogP contribution in [0.5, 0.6) is 0 Å². The second kappa shape index (κ2) is 3.74. The predicted molar refractivity (Wildman–Crippen MR) is 51.0 cm³/mol. The number of dihydropyridines is 1. The highest BCUT2D eigenvalue weighted by Crippen LogP contribution is 2.17. The molecule has 1 aliphatic heterocycles. The minimum atomic E-state index is 0.0740. The first kappa shape index (κ1) is 8.56. The molecule has 0 saturated heterocycles. The highest BCUT2D eigenvalue weighted by molar-refractivity contribution is 9.12. The molecule has 0 aromatic rings. The molecule has 0 saturated carbocycles. The fourth-order valence-electron chi connectivity index (χ4n) is 0.820. The van der Waals surface area contributed by atoms with Crippen molar-refractivity contribution in [1.82, 2.24) is 5.32 Å². The minimum Gasteiger partial charge on any atom is -0.361 e. The Balaban J connectivity index is 2.75. The molecule has 2 nitrogen and oxygen atoms in total. The lowest BCUT2D eigenvalue weighted by Crippen LogP contribution is -2.16. The monoisotopic (exact) mass is 214 g/mol. The maximum absolute atomic E-state index is 5.60. The van der Waals surface area contributed by atoms with Crippen molar-refractivity contribution in [3.05, 3.63) is 34.6 Å². The highest BCUT2D eigenvalue weighted by atomic mass is 79.9. The molecule has 1 unspecified atom stereocenters. The molecule has 3 heteroatoms. The molecule has 0 aliphatic carbocycles. The smallest absolute Gasteiger partial charge is 0.0499 e. The van der Waals surface area contributed by atoms with Gasteiger partial charge in [-0.1, -0.05) is 0 Å². The van der Waals surface area contributed by atoms with Crippen molar-refractivity contribution >= 4 is 15.9 Å². The van der Waals surface area contributed by atoms with Crippen LogP contribution in [0, 0.1) is 0 Å². The van der Waals surface area contributed by atoms with Crippen molar-refractivity contribution in [1.29, 1.82) is 0 Å². The topological polar surface area (TPSA) is 38.0 Å². The van der Waals surface area contributed by atoms with Crippen molar-refractivity contribution in [2.24, 2.45) is 5.73 Å². The second-order valence-electron chi connectivity index (χ2n) is 2.46. The van der Waals surface area contributed by atoms with Gasteiger partial charge in [0.2, 0.25) is 0 Å². The van der Waals surface area contributed by atoms with E-state index in [4.69, 9.17) is 5.73 Å². The van der Waals surface area contributed by atoms with Crippen molar-refractivity contribution in [3.8, 4) is 0 Å². The Bertz CT molecular complexity index is 226. The molecule has 0 spiro atoms. The summed E-state index contributed by atoms with van der Waals surface area (Å²) in [7, 11) is 0. The lowest BCUT2D eigenvalue weighted by Gasteiger charge is -2.10. The summed E-state index contributed by atoms with van der Waals surface area (Å²) >= 11 is 3.41. The van der Waals surface area contributed by atoms with Crippen LogP contribution in [0.4, 0.5) is 0 Å². The summed E-state index contributed by atoms with van der Waals surface area (Å²) in [6.07, 6.45) is 7.75. The van der Waals surface area contributed by atoms with E-state index in [0.29, 0.717) is 0 Å². The molecule has 0 radical (unpaired) electrons. The van der Waals surface area contributed by atoms with Crippen LogP contribution in [0.25, 0.3) is 0 Å². The van der Waals surface area contributed by atoms with Gasteiger partial charge in [0, 0.05) is 22.4 Å². The van der Waals surface area contributed by atoms with Gasteiger partial charge in [-0.3, -0.25) is 0 Å². The molecule has 1 rings (SSSR count). The summed E-state index contributed by atoms with van der Waals surface area (Å²) in [6.45, 7) is 1.94. The van der Waals surface area contributed by atoms with E-state index >= 15 is 0 Å². The Labute approximate surface area is 75.0 Å². The van der Waals surface area contributed by atoms with Crippen LogP contribution in [-0.4, -0.2) is 6.04 Å². The SMILES string of the molecule is CC(N)/C=C1\NC=CC=C1Br. The van der Waals surface area contributed by atoms with Crippen LogP contribution in [0.2, 0.25) is 0 Å². The number of hydrogen-bond acceptors (Lipinski definition) is 2. The van der Waals surface area contributed by atoms with E-state index in [9.17, 15) is 0 Å². The van der Waals surface area contributed by atoms with Gasteiger partial charge in [0.25, 0.3) is 0 Å². The number of rotatable bonds is 1. The fraction of sp³-hybridized carbons (Fsp3) is 0.250. The number of halogens is 1. The Morgan fingerprint density at radius 3 is 3.00 bits per heavy atom. The van der Waals surface area contributed by atoms with Crippen molar-refractivity contribution < 1.29 is 0 Å². The molecule has 1 heterocycles. The van der Waals surface area contributed by atoms with Gasteiger partial charge in [-0.25, -0.2) is 0 Å². The van der Waals surface area contributed by atoms with Crippen molar-refractivity contribution in [3.63, 3.8) is 0 Å². The maximum Gasteiger partial charge on any atom is 0.0499 e. The van der Waals surface area contributed by atoms with E-state index in [1.165, 1.54) is 0 Å². The average Bonchev–Trinajstić information content (AvgIpc) is 1.93. The van der Waals surface area contributed by atoms with Crippen LogP contribution >= 0.6 is 15.9 Å². The number of nitrogens with one attached hydrogen (secondary N) is 1. The Morgan fingerprint density at radius 2 is 2.45 bits per heavy atom. The second-order valence-corrected chi connectivity index (χ2v) is 3.31. The summed E-state index contributed by atoms with van der Waals surface area (Å²) in [5.41, 5.74) is 6.63. The van der Waals surface area contributed by atoms with Gasteiger partial charge in [0.1, 0.15) is 0 Å². The summed E-state index contributed by atoms with van der Waals surface area (Å²) < 4.78 is 1.04. The molecule has 0 aromatic carbocycles. The number of allylic oxidation sites excluding steroid dienone is 3. The van der Waals surface area contributed by atoms with Crippen LogP contribution < -0.4 is 11.1 Å². The molecule has 1 atom stereocenters. The van der Waals surface area contributed by atoms with Crippen LogP contribution in [0.1, 0.15) is 6.92 Å². The molecular weight excluding hydrogens is 204 g/mol. The van der Waals surface area contributed by atoms with E-state index in [-0.39, 0.29) is 6.04 Å². The summed E-state index contributed by atoms with van der Waals surface area (Å²) in [5.74, 6) is 0. The normalized spacial score (nSPS) is 22.8. The van der Waals surface area contributed by atoms with Crippen LogP contribution in [-0.2, 0) is 0 Å². The standard InChI is InChI=1S/C8H11BrN2/c1-6(10)5-8-7(9)3-2-4-11-8/h2-6,11H,10H2,1H3/b8-5-. The summed E-state index contributed by atoms with van der Waals surface area (Å²) in [5, 5.41) is 3.09. The first-order chi connectivity index (χ1) is 5.20. The molecule has 1 aliphatic rings. The Hall–Kier alpha value is -0.540. The van der Waals surface area contributed by atoms with Crippen molar-refractivity contribution in [2.45, 2.75) is 13.0 Å². The molecule has 60 valence electrons. The lowest BCUT2D eigenvalue weighted by molar-refractivity contribution is 0.899. The first-order valence-electron chi connectivity index (χ1n) is 3.47. The van der Waals surface area contributed by atoms with Gasteiger partial charge < -0.3 is 11.1 Å². The van der Waals surface area contributed by atoms with Crippen LogP contribution in [0.3, 0.4) is 0 Å². The van der Waals surface area contributed by atoms with Gasteiger partial charge in [-0.2, -0.15) is 0 Å². The quantitative estimate of drug-likeness (QED) is 0.697. The highest BCUT2D eigenvalue weighted by Gasteiger charge is 2.02. The summed E-state index contributed by atoms with van der Waals surface area (Å²) in [4.78, 5) is 0. The van der Waals surface area contributed by atoms with Gasteiger partial charge in [-0.05, 0) is 41.1 Å². The van der Waals surface area contributed by atoms with Gasteiger partial charge >= 0.3 is 0 Å². The van der Waals surface area contributed by atoms with Gasteiger partial charge in [0.15, 0.2) is 0 Å². The maximum atomic E-state index is 5.60. The minimum absolute atomic E-state index is 0.0740. The van der Waals surface area contributed by atoms with Crippen LogP contribution in [0.15, 0.2) is 34.6 Å². The molecule has 0 amide bonds. The first-order valence-corrected chi connectivity index (χ1v) is 4.26. The zero-order valence-corrected chi connectivity index (χ0v) is 7.93. The lowest BCUT2D eigenvalue weighted by atomic mass is 10.2. The van der Waals surface area contributed by atoms with E-state index in [1.807, 2.05) is 31.4 Å². The molecule has 0 fully saturated rings. The fourth-order valence-corrected chi connectivity index (χ4v) is 1.22. The third-order valence-corrected chi connectivity index (χ3v) is 1.96. The molecule has 11 heavy (non-hydrogen) atoms. The third-order valence-electron chi connectivity index (χ3n) is 1.26. The largest absolute Gasteiger partial charge is 0.361 e. The molecular formula is C8H11BrN2. The van der Waals surface area contributed by atoms with Gasteiger partial charge in [0.05, 0.1) is 0 Å². The Morgan fingerprint density at radius 1 is 1.73 bits per heavy atom. The predicted octanol–water partition coefficient (Wildman–Crippen LogP) is 1.61. The van der Waals surface area contributed by atoms with Crippen molar-refractivity contribution in [2.75, 3.05) is 0 Å². The third kappa shape index (κ3) is 2.52. The van der Waals surface area contributed by atoms with E-state index in [0.717, 1.165) is 10.2 Å². The number of nitrogens with two attached hydrogens (primary N) is 1. The zero-order chi connectivity index (χ0) is 8.27. The van der Waals surface area contributed by atoms with E-state index in [2.05, 4.69) is 21.2 Å². The van der Waals surface area contributed by atoms with Gasteiger partial charge in [-0.15, -0.1) is 0 Å². The molecule has 3 N–H and O–H groups in total. The average molecular weight is 215 g/mol. The Kier molecular flexibility index (Phi) is 2.91.